The molecule has 2 atom stereocenters. The normalized spacial score (nSPS) is 33.9. The summed E-state index contributed by atoms with van der Waals surface area (Å²) in [5, 5.41) is 7.17. The van der Waals surface area contributed by atoms with E-state index in [2.05, 4.69) is 29.3 Å². The van der Waals surface area contributed by atoms with Crippen molar-refractivity contribution in [1.82, 2.24) is 15.5 Å². The first-order chi connectivity index (χ1) is 6.13. The molecule has 0 spiro atoms. The molecule has 0 saturated carbocycles. The van der Waals surface area contributed by atoms with Gasteiger partial charge in [0.1, 0.15) is 0 Å². The lowest BCUT2D eigenvalue weighted by atomic mass is 9.81. The van der Waals surface area contributed by atoms with Gasteiger partial charge in [-0.3, -0.25) is 0 Å². The number of aromatic nitrogens is 2. The molecule has 0 bridgehead atoms. The molecule has 1 fully saturated rings. The van der Waals surface area contributed by atoms with E-state index < -0.39 is 0 Å². The number of nitrogens with zero attached hydrogens (tertiary/aromatic N) is 2. The summed E-state index contributed by atoms with van der Waals surface area (Å²) in [6.45, 7) is 8.18. The first-order valence-electron chi connectivity index (χ1n) is 4.64. The van der Waals surface area contributed by atoms with Crippen LogP contribution in [0.4, 0.5) is 0 Å². The van der Waals surface area contributed by atoms with Crippen LogP contribution in [0.25, 0.3) is 0 Å². The smallest absolute Gasteiger partial charge is 0.234 e. The predicted molar refractivity (Wildman–Crippen MR) is 48.4 cm³/mol. The molecule has 1 aromatic rings. The summed E-state index contributed by atoms with van der Waals surface area (Å²) >= 11 is 0. The molecule has 4 nitrogen and oxygen atoms in total. The van der Waals surface area contributed by atoms with E-state index in [4.69, 9.17) is 4.52 Å². The maximum Gasteiger partial charge on any atom is 0.234 e. The minimum absolute atomic E-state index is 0.0151. The molecule has 2 heterocycles. The lowest BCUT2D eigenvalue weighted by Crippen LogP contribution is -2.30. The average molecular weight is 181 g/mol. The summed E-state index contributed by atoms with van der Waals surface area (Å²) in [5.74, 6) is 2.03. The van der Waals surface area contributed by atoms with Gasteiger partial charge in [-0.2, -0.15) is 4.98 Å². The Morgan fingerprint density at radius 1 is 1.62 bits per heavy atom. The van der Waals surface area contributed by atoms with E-state index in [0.29, 0.717) is 5.92 Å². The van der Waals surface area contributed by atoms with Crippen molar-refractivity contribution in [3.05, 3.63) is 11.7 Å². The topological polar surface area (TPSA) is 51.0 Å². The molecule has 0 unspecified atom stereocenters. The van der Waals surface area contributed by atoms with E-state index >= 15 is 0 Å². The Kier molecular flexibility index (Phi) is 1.87. The van der Waals surface area contributed by atoms with Gasteiger partial charge in [-0.1, -0.05) is 12.1 Å². The van der Waals surface area contributed by atoms with Gasteiger partial charge in [-0.15, -0.1) is 0 Å². The van der Waals surface area contributed by atoms with Crippen LogP contribution in [-0.4, -0.2) is 23.2 Å². The summed E-state index contributed by atoms with van der Waals surface area (Å²) in [4.78, 5) is 4.30. The minimum Gasteiger partial charge on any atom is -0.339 e. The number of nitrogens with one attached hydrogen (secondary N) is 1. The molecule has 13 heavy (non-hydrogen) atoms. The van der Waals surface area contributed by atoms with Crippen molar-refractivity contribution in [2.45, 2.75) is 26.2 Å². The van der Waals surface area contributed by atoms with Gasteiger partial charge in [0.15, 0.2) is 5.82 Å². The summed E-state index contributed by atoms with van der Waals surface area (Å²) in [7, 11) is 0. The van der Waals surface area contributed by atoms with Crippen LogP contribution in [0.15, 0.2) is 4.52 Å². The Morgan fingerprint density at radius 3 is 2.85 bits per heavy atom. The highest BCUT2D eigenvalue weighted by atomic mass is 16.5. The molecule has 1 aliphatic heterocycles. The summed E-state index contributed by atoms with van der Waals surface area (Å²) < 4.78 is 5.22. The van der Waals surface area contributed by atoms with Gasteiger partial charge < -0.3 is 9.84 Å². The molecule has 1 N–H and O–H groups in total. The maximum atomic E-state index is 5.22. The van der Waals surface area contributed by atoms with Crippen LogP contribution in [0.5, 0.6) is 0 Å². The Labute approximate surface area is 77.7 Å². The SMILES string of the molecule is Cc1noc([C@@]2(C)CNC[C@@H]2C)n1. The minimum atomic E-state index is 0.0151. The molecule has 1 saturated heterocycles. The molecule has 0 aliphatic carbocycles. The zero-order chi connectivity index (χ0) is 9.47. The summed E-state index contributed by atoms with van der Waals surface area (Å²) in [6, 6.07) is 0. The van der Waals surface area contributed by atoms with Crippen LogP contribution >= 0.6 is 0 Å². The van der Waals surface area contributed by atoms with Crippen LogP contribution in [-0.2, 0) is 5.41 Å². The van der Waals surface area contributed by atoms with Gasteiger partial charge in [0, 0.05) is 6.54 Å². The average Bonchev–Trinajstić information content (AvgIpc) is 2.62. The van der Waals surface area contributed by atoms with E-state index in [1.807, 2.05) is 6.92 Å². The first kappa shape index (κ1) is 8.69. The summed E-state index contributed by atoms with van der Waals surface area (Å²) in [5.41, 5.74) is 0.0151. The van der Waals surface area contributed by atoms with E-state index in [1.54, 1.807) is 0 Å². The molecule has 2 rings (SSSR count). The van der Waals surface area contributed by atoms with Crippen LogP contribution in [0.3, 0.4) is 0 Å². The second kappa shape index (κ2) is 2.80. The highest BCUT2D eigenvalue weighted by Crippen LogP contribution is 2.33. The fourth-order valence-electron chi connectivity index (χ4n) is 1.76. The van der Waals surface area contributed by atoms with Crippen LogP contribution < -0.4 is 5.32 Å². The van der Waals surface area contributed by atoms with Gasteiger partial charge in [-0.05, 0) is 26.3 Å². The summed E-state index contributed by atoms with van der Waals surface area (Å²) in [6.07, 6.45) is 0. The molecule has 0 amide bonds. The standard InChI is InChI=1S/C9H15N3O/c1-6-4-10-5-9(6,3)8-11-7(2)12-13-8/h6,10H,4-5H2,1-3H3/t6-,9-/m0/s1. The molecule has 72 valence electrons. The van der Waals surface area contributed by atoms with E-state index in [1.165, 1.54) is 0 Å². The number of rotatable bonds is 1. The molecule has 0 radical (unpaired) electrons. The van der Waals surface area contributed by atoms with Crippen LogP contribution in [0, 0.1) is 12.8 Å². The number of hydrogen-bond acceptors (Lipinski definition) is 4. The fourth-order valence-corrected chi connectivity index (χ4v) is 1.76. The van der Waals surface area contributed by atoms with Gasteiger partial charge in [-0.25, -0.2) is 0 Å². The second-order valence-electron chi connectivity index (χ2n) is 4.10. The molecular weight excluding hydrogens is 166 g/mol. The van der Waals surface area contributed by atoms with Crippen LogP contribution in [0.1, 0.15) is 25.6 Å². The first-order valence-corrected chi connectivity index (χ1v) is 4.64. The fraction of sp³-hybridized carbons (Fsp3) is 0.778. The molecular formula is C9H15N3O. The highest BCUT2D eigenvalue weighted by molar-refractivity contribution is 5.10. The highest BCUT2D eigenvalue weighted by Gasteiger charge is 2.41. The lowest BCUT2D eigenvalue weighted by Gasteiger charge is -2.22. The monoisotopic (exact) mass is 181 g/mol. The quantitative estimate of drug-likeness (QED) is 0.698. The predicted octanol–water partition coefficient (Wildman–Crippen LogP) is 0.875. The third-order valence-corrected chi connectivity index (χ3v) is 3.05. The van der Waals surface area contributed by atoms with Crippen molar-refractivity contribution >= 4 is 0 Å². The van der Waals surface area contributed by atoms with Gasteiger partial charge >= 0.3 is 0 Å². The van der Waals surface area contributed by atoms with Crippen molar-refractivity contribution in [3.8, 4) is 0 Å². The van der Waals surface area contributed by atoms with Crippen LogP contribution in [0.2, 0.25) is 0 Å². The van der Waals surface area contributed by atoms with E-state index in [-0.39, 0.29) is 5.41 Å². The number of aryl methyl sites for hydroxylation is 1. The molecule has 1 aromatic heterocycles. The molecule has 0 aromatic carbocycles. The zero-order valence-electron chi connectivity index (χ0n) is 8.29. The third kappa shape index (κ3) is 1.25. The molecule has 1 aliphatic rings. The van der Waals surface area contributed by atoms with Crippen molar-refractivity contribution in [2.75, 3.05) is 13.1 Å². The lowest BCUT2D eigenvalue weighted by molar-refractivity contribution is 0.267. The van der Waals surface area contributed by atoms with E-state index in [9.17, 15) is 0 Å². The number of hydrogen-bond donors (Lipinski definition) is 1. The zero-order valence-corrected chi connectivity index (χ0v) is 8.29. The Morgan fingerprint density at radius 2 is 2.38 bits per heavy atom. The van der Waals surface area contributed by atoms with Gasteiger partial charge in [0.25, 0.3) is 0 Å². The third-order valence-electron chi connectivity index (χ3n) is 3.05. The maximum absolute atomic E-state index is 5.22. The Balaban J connectivity index is 2.33. The Hall–Kier alpha value is -0.900. The Bertz CT molecular complexity index is 310. The van der Waals surface area contributed by atoms with Crippen molar-refractivity contribution < 1.29 is 4.52 Å². The van der Waals surface area contributed by atoms with E-state index in [0.717, 1.165) is 24.8 Å². The second-order valence-corrected chi connectivity index (χ2v) is 4.10. The molecule has 4 heteroatoms. The van der Waals surface area contributed by atoms with Crippen molar-refractivity contribution in [3.63, 3.8) is 0 Å². The largest absolute Gasteiger partial charge is 0.339 e. The van der Waals surface area contributed by atoms with Crippen molar-refractivity contribution in [1.29, 1.82) is 0 Å². The van der Waals surface area contributed by atoms with Crippen molar-refractivity contribution in [2.24, 2.45) is 5.92 Å². The van der Waals surface area contributed by atoms with Gasteiger partial charge in [0.05, 0.1) is 5.41 Å². The van der Waals surface area contributed by atoms with Gasteiger partial charge in [0.2, 0.25) is 5.89 Å².